The van der Waals surface area contributed by atoms with E-state index in [9.17, 15) is 0 Å². The van der Waals surface area contributed by atoms with Gasteiger partial charge in [-0.25, -0.2) is 0 Å². The predicted molar refractivity (Wildman–Crippen MR) is 65.0 cm³/mol. The van der Waals surface area contributed by atoms with Crippen molar-refractivity contribution in [2.24, 2.45) is 0 Å². The molecule has 1 aliphatic rings. The van der Waals surface area contributed by atoms with Crippen molar-refractivity contribution in [3.8, 4) is 5.69 Å². The fourth-order valence-electron chi connectivity index (χ4n) is 1.95. The Morgan fingerprint density at radius 1 is 1.38 bits per heavy atom. The Hall–Kier alpha value is -1.29. The zero-order chi connectivity index (χ0) is 11.1. The second-order valence-corrected chi connectivity index (χ2v) is 5.26. The van der Waals surface area contributed by atoms with Crippen molar-refractivity contribution in [3.05, 3.63) is 35.7 Å². The Bertz CT molecular complexity index is 531. The molecule has 0 amide bonds. The highest BCUT2D eigenvalue weighted by Gasteiger charge is 2.17. The molecule has 2 aromatic rings. The van der Waals surface area contributed by atoms with Crippen LogP contribution in [-0.4, -0.2) is 14.8 Å². The van der Waals surface area contributed by atoms with Crippen molar-refractivity contribution in [3.63, 3.8) is 0 Å². The molecule has 16 heavy (non-hydrogen) atoms. The molecule has 2 heterocycles. The van der Waals surface area contributed by atoms with Gasteiger partial charge >= 0.3 is 0 Å². The van der Waals surface area contributed by atoms with Crippen LogP contribution in [0.1, 0.15) is 30.9 Å². The number of nitrogens with zero attached hydrogens (tertiary/aromatic N) is 3. The zero-order valence-electron chi connectivity index (χ0n) is 9.34. The molecular weight excluding hydrogens is 218 g/mol. The van der Waals surface area contributed by atoms with Crippen molar-refractivity contribution in [2.75, 3.05) is 0 Å². The second-order valence-electron chi connectivity index (χ2n) is 4.32. The molecule has 0 aliphatic carbocycles. The smallest absolute Gasteiger partial charge is 0.195 e. The molecule has 0 spiro atoms. The largest absolute Gasteiger partial charge is 0.276 e. The third-order valence-corrected chi connectivity index (χ3v) is 3.89. The van der Waals surface area contributed by atoms with E-state index in [0.29, 0.717) is 5.92 Å². The summed E-state index contributed by atoms with van der Waals surface area (Å²) in [6, 6.07) is 6.68. The van der Waals surface area contributed by atoms with Crippen LogP contribution in [0.4, 0.5) is 0 Å². The topological polar surface area (TPSA) is 30.7 Å². The van der Waals surface area contributed by atoms with Crippen LogP contribution in [0.25, 0.3) is 5.69 Å². The minimum atomic E-state index is 0.581. The first kappa shape index (κ1) is 9.90. The minimum Gasteiger partial charge on any atom is -0.276 e. The summed E-state index contributed by atoms with van der Waals surface area (Å²) >= 11 is 1.75. The predicted octanol–water partition coefficient (Wildman–Crippen LogP) is 3.00. The molecule has 3 nitrogen and oxygen atoms in total. The second kappa shape index (κ2) is 3.63. The monoisotopic (exact) mass is 231 g/mol. The number of hydrogen-bond donors (Lipinski definition) is 0. The highest BCUT2D eigenvalue weighted by Crippen LogP contribution is 2.33. The third-order valence-electron chi connectivity index (χ3n) is 2.90. The van der Waals surface area contributed by atoms with Gasteiger partial charge in [0.05, 0.1) is 5.69 Å². The molecule has 0 bridgehead atoms. The van der Waals surface area contributed by atoms with Crippen molar-refractivity contribution >= 4 is 11.8 Å². The van der Waals surface area contributed by atoms with E-state index in [1.165, 1.54) is 16.8 Å². The Morgan fingerprint density at radius 2 is 2.25 bits per heavy atom. The first-order valence-electron chi connectivity index (χ1n) is 5.41. The van der Waals surface area contributed by atoms with Gasteiger partial charge in [0.2, 0.25) is 0 Å². The summed E-state index contributed by atoms with van der Waals surface area (Å²) in [7, 11) is 0. The lowest BCUT2D eigenvalue weighted by Crippen LogP contribution is -2.06. The third kappa shape index (κ3) is 1.45. The summed E-state index contributed by atoms with van der Waals surface area (Å²) < 4.78 is 2.06. The first-order chi connectivity index (χ1) is 7.75. The molecule has 0 saturated heterocycles. The minimum absolute atomic E-state index is 0.581. The lowest BCUT2D eigenvalue weighted by molar-refractivity contribution is 0.842. The molecule has 1 aromatic heterocycles. The summed E-state index contributed by atoms with van der Waals surface area (Å²) in [5.41, 5.74) is 4.00. The van der Waals surface area contributed by atoms with Gasteiger partial charge in [0, 0.05) is 5.75 Å². The van der Waals surface area contributed by atoms with E-state index in [1.54, 1.807) is 18.1 Å². The van der Waals surface area contributed by atoms with Gasteiger partial charge in [0.25, 0.3) is 0 Å². The van der Waals surface area contributed by atoms with E-state index < -0.39 is 0 Å². The molecule has 0 N–H and O–H groups in total. The Kier molecular flexibility index (Phi) is 2.24. The molecule has 82 valence electrons. The summed E-state index contributed by atoms with van der Waals surface area (Å²) in [6.45, 7) is 4.45. The molecule has 4 heteroatoms. The number of aromatic nitrogens is 3. The molecule has 0 saturated carbocycles. The van der Waals surface area contributed by atoms with Gasteiger partial charge in [-0.15, -0.1) is 10.2 Å². The van der Waals surface area contributed by atoms with Crippen LogP contribution in [0.2, 0.25) is 0 Å². The lowest BCUT2D eigenvalue weighted by Gasteiger charge is -2.18. The van der Waals surface area contributed by atoms with Gasteiger partial charge in [-0.05, 0) is 23.1 Å². The maximum Gasteiger partial charge on any atom is 0.195 e. The maximum absolute atomic E-state index is 4.09. The van der Waals surface area contributed by atoms with E-state index in [1.807, 2.05) is 0 Å². The molecule has 3 rings (SSSR count). The summed E-state index contributed by atoms with van der Waals surface area (Å²) in [5.74, 6) is 1.58. The van der Waals surface area contributed by atoms with Gasteiger partial charge in [-0.2, -0.15) is 0 Å². The van der Waals surface area contributed by atoms with Crippen molar-refractivity contribution in [1.82, 2.24) is 14.8 Å². The van der Waals surface area contributed by atoms with Gasteiger partial charge in [0.1, 0.15) is 6.33 Å². The van der Waals surface area contributed by atoms with Crippen LogP contribution in [-0.2, 0) is 5.75 Å². The standard InChI is InChI=1S/C12H13N3S/c1-8(2)9-3-4-11-10(5-9)6-16-12-14-13-7-15(11)12/h3-5,7-8H,6H2,1-2H3. The molecule has 0 fully saturated rings. The molecule has 0 radical (unpaired) electrons. The van der Waals surface area contributed by atoms with E-state index in [-0.39, 0.29) is 0 Å². The summed E-state index contributed by atoms with van der Waals surface area (Å²) in [6.07, 6.45) is 1.79. The molecule has 1 aromatic carbocycles. The maximum atomic E-state index is 4.09. The first-order valence-corrected chi connectivity index (χ1v) is 6.40. The number of hydrogen-bond acceptors (Lipinski definition) is 3. The SMILES string of the molecule is CC(C)c1ccc2c(c1)CSc1nncn1-2. The van der Waals surface area contributed by atoms with Crippen molar-refractivity contribution in [1.29, 1.82) is 0 Å². The van der Waals surface area contributed by atoms with E-state index in [4.69, 9.17) is 0 Å². The quantitative estimate of drug-likeness (QED) is 0.756. The highest BCUT2D eigenvalue weighted by atomic mass is 32.2. The van der Waals surface area contributed by atoms with Gasteiger partial charge in [-0.3, -0.25) is 4.57 Å². The van der Waals surface area contributed by atoms with Crippen LogP contribution < -0.4 is 0 Å². The van der Waals surface area contributed by atoms with Crippen LogP contribution in [0.3, 0.4) is 0 Å². The van der Waals surface area contributed by atoms with Crippen LogP contribution in [0, 0.1) is 0 Å². The average molecular weight is 231 g/mol. The number of fused-ring (bicyclic) bond motifs is 3. The van der Waals surface area contributed by atoms with Gasteiger partial charge in [0.15, 0.2) is 5.16 Å². The van der Waals surface area contributed by atoms with Gasteiger partial charge in [-0.1, -0.05) is 37.7 Å². The number of benzene rings is 1. The zero-order valence-corrected chi connectivity index (χ0v) is 10.2. The Balaban J connectivity index is 2.14. The van der Waals surface area contributed by atoms with Gasteiger partial charge < -0.3 is 0 Å². The molecule has 1 aliphatic heterocycles. The van der Waals surface area contributed by atoms with Crippen molar-refractivity contribution < 1.29 is 0 Å². The average Bonchev–Trinajstić information content (AvgIpc) is 2.76. The van der Waals surface area contributed by atoms with Crippen LogP contribution in [0.5, 0.6) is 0 Å². The fourth-order valence-corrected chi connectivity index (χ4v) is 2.85. The molecule has 0 unspecified atom stereocenters. The van der Waals surface area contributed by atoms with E-state index in [2.05, 4.69) is 46.8 Å². The summed E-state index contributed by atoms with van der Waals surface area (Å²) in [4.78, 5) is 0. The van der Waals surface area contributed by atoms with Crippen LogP contribution in [0.15, 0.2) is 29.7 Å². The Morgan fingerprint density at radius 3 is 3.06 bits per heavy atom. The van der Waals surface area contributed by atoms with Crippen molar-refractivity contribution in [2.45, 2.75) is 30.7 Å². The van der Waals surface area contributed by atoms with Crippen LogP contribution >= 0.6 is 11.8 Å². The molecule has 0 atom stereocenters. The normalized spacial score (nSPS) is 13.7. The van der Waals surface area contributed by atoms with E-state index in [0.717, 1.165) is 10.9 Å². The molecular formula is C12H13N3S. The summed E-state index contributed by atoms with van der Waals surface area (Å²) in [5, 5.41) is 9.03. The lowest BCUT2D eigenvalue weighted by atomic mass is 10.00. The fraction of sp³-hybridized carbons (Fsp3) is 0.333. The van der Waals surface area contributed by atoms with E-state index >= 15 is 0 Å². The number of rotatable bonds is 1. The number of thioether (sulfide) groups is 1. The highest BCUT2D eigenvalue weighted by molar-refractivity contribution is 7.98. The Labute approximate surface area is 98.9 Å².